The third-order valence-electron chi connectivity index (χ3n) is 4.64. The van der Waals surface area contributed by atoms with E-state index in [1.54, 1.807) is 12.1 Å². The highest BCUT2D eigenvalue weighted by molar-refractivity contribution is 6.30. The van der Waals surface area contributed by atoms with Crippen molar-refractivity contribution in [1.82, 2.24) is 10.2 Å². The number of nitrogens with zero attached hydrogens (tertiary/aromatic N) is 1. The molecule has 1 N–H and O–H groups in total. The van der Waals surface area contributed by atoms with E-state index in [-0.39, 0.29) is 30.8 Å². The van der Waals surface area contributed by atoms with Gasteiger partial charge in [-0.1, -0.05) is 17.7 Å². The fraction of sp³-hybridized carbons (Fsp3) is 0.625. The molecule has 2 fully saturated rings. The maximum Gasteiger partial charge on any atom is 0.248 e. The average molecular weight is 333 g/mol. The summed E-state index contributed by atoms with van der Waals surface area (Å²) in [6.45, 7) is 4.31. The molecule has 1 saturated heterocycles. The summed E-state index contributed by atoms with van der Waals surface area (Å²) in [5.41, 5.74) is 0.485. The van der Waals surface area contributed by atoms with E-state index >= 15 is 0 Å². The Labute approximate surface area is 133 Å². The van der Waals surface area contributed by atoms with Gasteiger partial charge in [0, 0.05) is 55.1 Å². The maximum absolute atomic E-state index is 14.4. The van der Waals surface area contributed by atoms with Gasteiger partial charge < -0.3 is 5.32 Å². The molecule has 1 aliphatic carbocycles. The van der Waals surface area contributed by atoms with Crippen LogP contribution in [0.1, 0.15) is 31.4 Å². The van der Waals surface area contributed by atoms with E-state index in [4.69, 9.17) is 11.6 Å². The Bertz CT molecular complexity index is 544. The van der Waals surface area contributed by atoms with Crippen LogP contribution in [0.15, 0.2) is 18.2 Å². The lowest BCUT2D eigenvalue weighted by Gasteiger charge is -2.47. The van der Waals surface area contributed by atoms with Crippen molar-refractivity contribution in [2.45, 2.75) is 37.8 Å². The molecule has 0 spiro atoms. The SMILES string of the molecule is CC1CN(C(c2ccc(Cl)cc2F)C2CC(F)(F)C2)CCN1. The standard InChI is InChI=1S/C16H20ClF3N2/c1-10-9-22(5-4-21-10)15(11-7-16(19,20)8-11)13-3-2-12(17)6-14(13)18/h2-3,6,10-11,15,21H,4-5,7-9H2,1H3. The van der Waals surface area contributed by atoms with Gasteiger partial charge in [0.2, 0.25) is 5.92 Å². The molecule has 0 bridgehead atoms. The second-order valence-corrected chi connectivity index (χ2v) is 6.92. The van der Waals surface area contributed by atoms with Gasteiger partial charge in [0.25, 0.3) is 0 Å². The fourth-order valence-electron chi connectivity index (χ4n) is 3.64. The molecule has 1 aromatic carbocycles. The zero-order valence-electron chi connectivity index (χ0n) is 12.5. The monoisotopic (exact) mass is 332 g/mol. The van der Waals surface area contributed by atoms with Crippen LogP contribution in [0, 0.1) is 11.7 Å². The zero-order chi connectivity index (χ0) is 15.9. The molecule has 2 unspecified atom stereocenters. The maximum atomic E-state index is 14.4. The third kappa shape index (κ3) is 3.26. The van der Waals surface area contributed by atoms with E-state index in [1.165, 1.54) is 6.07 Å². The molecule has 1 saturated carbocycles. The van der Waals surface area contributed by atoms with E-state index in [9.17, 15) is 13.2 Å². The first kappa shape index (κ1) is 16.1. The van der Waals surface area contributed by atoms with Gasteiger partial charge >= 0.3 is 0 Å². The number of rotatable bonds is 3. The first-order chi connectivity index (χ1) is 10.4. The second-order valence-electron chi connectivity index (χ2n) is 6.49. The van der Waals surface area contributed by atoms with Crippen molar-refractivity contribution in [1.29, 1.82) is 0 Å². The Morgan fingerprint density at radius 1 is 1.36 bits per heavy atom. The Morgan fingerprint density at radius 3 is 2.68 bits per heavy atom. The van der Waals surface area contributed by atoms with Gasteiger partial charge in [0.05, 0.1) is 0 Å². The van der Waals surface area contributed by atoms with Crippen molar-refractivity contribution in [3.63, 3.8) is 0 Å². The van der Waals surface area contributed by atoms with Crippen LogP contribution in [0.4, 0.5) is 13.2 Å². The molecular formula is C16H20ClF3N2. The Balaban J connectivity index is 1.89. The smallest absolute Gasteiger partial charge is 0.248 e. The molecule has 1 heterocycles. The number of hydrogen-bond acceptors (Lipinski definition) is 2. The van der Waals surface area contributed by atoms with Crippen LogP contribution in [-0.4, -0.2) is 36.5 Å². The predicted octanol–water partition coefficient (Wildman–Crippen LogP) is 3.86. The molecule has 2 aliphatic rings. The third-order valence-corrected chi connectivity index (χ3v) is 4.88. The molecule has 2 nitrogen and oxygen atoms in total. The van der Waals surface area contributed by atoms with Crippen LogP contribution in [0.2, 0.25) is 5.02 Å². The lowest BCUT2D eigenvalue weighted by Crippen LogP contribution is -2.54. The summed E-state index contributed by atoms with van der Waals surface area (Å²) in [5.74, 6) is -3.22. The van der Waals surface area contributed by atoms with Gasteiger partial charge in [-0.25, -0.2) is 13.2 Å². The van der Waals surface area contributed by atoms with E-state index in [2.05, 4.69) is 17.1 Å². The van der Waals surface area contributed by atoms with Crippen LogP contribution in [-0.2, 0) is 0 Å². The van der Waals surface area contributed by atoms with Gasteiger partial charge in [0.15, 0.2) is 0 Å². The summed E-state index contributed by atoms with van der Waals surface area (Å²) in [6.07, 6.45) is -0.337. The van der Waals surface area contributed by atoms with E-state index in [0.717, 1.165) is 19.6 Å². The normalized spacial score (nSPS) is 27.4. The second kappa shape index (κ2) is 6.02. The number of nitrogens with one attached hydrogen (secondary N) is 1. The molecule has 122 valence electrons. The van der Waals surface area contributed by atoms with Crippen molar-refractivity contribution in [2.24, 2.45) is 5.92 Å². The van der Waals surface area contributed by atoms with Crippen LogP contribution in [0.25, 0.3) is 0 Å². The van der Waals surface area contributed by atoms with Crippen LogP contribution < -0.4 is 5.32 Å². The van der Waals surface area contributed by atoms with Gasteiger partial charge in [-0.05, 0) is 25.0 Å². The highest BCUT2D eigenvalue weighted by Gasteiger charge is 2.50. The zero-order valence-corrected chi connectivity index (χ0v) is 13.2. The van der Waals surface area contributed by atoms with Crippen LogP contribution >= 0.6 is 11.6 Å². The lowest BCUT2D eigenvalue weighted by atomic mass is 9.73. The minimum absolute atomic E-state index is 0.169. The minimum atomic E-state index is -2.61. The largest absolute Gasteiger partial charge is 0.312 e. The number of piperazine rings is 1. The van der Waals surface area contributed by atoms with Gasteiger partial charge in [-0.15, -0.1) is 0 Å². The molecule has 22 heavy (non-hydrogen) atoms. The van der Waals surface area contributed by atoms with Gasteiger partial charge in [-0.2, -0.15) is 0 Å². The van der Waals surface area contributed by atoms with Gasteiger partial charge in [0.1, 0.15) is 5.82 Å². The molecule has 0 aromatic heterocycles. The van der Waals surface area contributed by atoms with E-state index in [0.29, 0.717) is 10.6 Å². The summed E-state index contributed by atoms with van der Waals surface area (Å²) in [6, 6.07) is 4.52. The van der Waals surface area contributed by atoms with Crippen LogP contribution in [0.3, 0.4) is 0 Å². The lowest BCUT2D eigenvalue weighted by molar-refractivity contribution is -0.134. The fourth-order valence-corrected chi connectivity index (χ4v) is 3.79. The van der Waals surface area contributed by atoms with Crippen molar-refractivity contribution < 1.29 is 13.2 Å². The summed E-state index contributed by atoms with van der Waals surface area (Å²) in [4.78, 5) is 2.13. The summed E-state index contributed by atoms with van der Waals surface area (Å²) in [5, 5.41) is 3.66. The number of hydrogen-bond donors (Lipinski definition) is 1. The summed E-state index contributed by atoms with van der Waals surface area (Å²) >= 11 is 5.82. The molecule has 3 rings (SSSR count). The molecular weight excluding hydrogens is 313 g/mol. The Hall–Kier alpha value is -0.780. The van der Waals surface area contributed by atoms with Crippen molar-refractivity contribution in [3.05, 3.63) is 34.6 Å². The topological polar surface area (TPSA) is 15.3 Å². The highest BCUT2D eigenvalue weighted by Crippen LogP contribution is 2.50. The number of alkyl halides is 2. The highest BCUT2D eigenvalue weighted by atomic mass is 35.5. The Morgan fingerprint density at radius 2 is 2.09 bits per heavy atom. The average Bonchev–Trinajstić information content (AvgIpc) is 2.39. The number of benzene rings is 1. The Kier molecular flexibility index (Phi) is 4.40. The molecule has 1 aliphatic heterocycles. The first-order valence-corrected chi connectivity index (χ1v) is 8.04. The summed E-state index contributed by atoms with van der Waals surface area (Å²) < 4.78 is 41.0. The van der Waals surface area contributed by atoms with Crippen molar-refractivity contribution in [2.75, 3.05) is 19.6 Å². The van der Waals surface area contributed by atoms with E-state index < -0.39 is 11.7 Å². The van der Waals surface area contributed by atoms with Gasteiger partial charge in [-0.3, -0.25) is 4.90 Å². The first-order valence-electron chi connectivity index (χ1n) is 7.66. The molecule has 0 amide bonds. The van der Waals surface area contributed by atoms with Crippen LogP contribution in [0.5, 0.6) is 0 Å². The molecule has 0 radical (unpaired) electrons. The molecule has 6 heteroatoms. The quantitative estimate of drug-likeness (QED) is 0.904. The predicted molar refractivity (Wildman–Crippen MR) is 80.9 cm³/mol. The minimum Gasteiger partial charge on any atom is -0.312 e. The molecule has 1 aromatic rings. The summed E-state index contributed by atoms with van der Waals surface area (Å²) in [7, 11) is 0. The molecule has 2 atom stereocenters. The van der Waals surface area contributed by atoms with Crippen molar-refractivity contribution >= 4 is 11.6 Å². The van der Waals surface area contributed by atoms with E-state index in [1.807, 2.05) is 0 Å². The van der Waals surface area contributed by atoms with Crippen molar-refractivity contribution in [3.8, 4) is 0 Å². The number of halogens is 4.